The number of carbonyl (C=O) groups excluding carboxylic acids is 1. The minimum atomic E-state index is -0.373. The van der Waals surface area contributed by atoms with Crippen LogP contribution in [0.3, 0.4) is 0 Å². The Hall–Kier alpha value is -1.31. The van der Waals surface area contributed by atoms with E-state index in [4.69, 9.17) is 4.74 Å². The van der Waals surface area contributed by atoms with E-state index in [0.717, 1.165) is 12.8 Å². The lowest BCUT2D eigenvalue weighted by Gasteiger charge is -2.19. The SMILES string of the molecule is CC(C)(C)OC(=O)[C@H]1[C@@H]2CCc3ccccc3[C@@H]21. The van der Waals surface area contributed by atoms with Crippen LogP contribution in [0.1, 0.15) is 44.2 Å². The van der Waals surface area contributed by atoms with Crippen molar-refractivity contribution < 1.29 is 9.53 Å². The Morgan fingerprint density at radius 3 is 2.72 bits per heavy atom. The van der Waals surface area contributed by atoms with Crippen LogP contribution >= 0.6 is 0 Å². The molecule has 0 N–H and O–H groups in total. The fourth-order valence-corrected chi connectivity index (χ4v) is 3.26. The fraction of sp³-hybridized carbons (Fsp3) is 0.562. The zero-order chi connectivity index (χ0) is 12.9. The van der Waals surface area contributed by atoms with Crippen LogP contribution in [0.5, 0.6) is 0 Å². The number of fused-ring (bicyclic) bond motifs is 3. The van der Waals surface area contributed by atoms with Crippen molar-refractivity contribution >= 4 is 5.97 Å². The van der Waals surface area contributed by atoms with Gasteiger partial charge in [0.2, 0.25) is 0 Å². The average molecular weight is 244 g/mol. The third-order valence-corrected chi connectivity index (χ3v) is 4.01. The van der Waals surface area contributed by atoms with Gasteiger partial charge in [-0.05, 0) is 50.7 Å². The predicted molar refractivity (Wildman–Crippen MR) is 70.3 cm³/mol. The van der Waals surface area contributed by atoms with E-state index in [-0.39, 0.29) is 17.5 Å². The van der Waals surface area contributed by atoms with E-state index >= 15 is 0 Å². The molecule has 0 aromatic heterocycles. The van der Waals surface area contributed by atoms with E-state index in [9.17, 15) is 4.79 Å². The molecule has 0 aliphatic heterocycles. The molecule has 2 heteroatoms. The number of rotatable bonds is 1. The third kappa shape index (κ3) is 1.94. The molecule has 0 saturated heterocycles. The van der Waals surface area contributed by atoms with Gasteiger partial charge >= 0.3 is 5.97 Å². The van der Waals surface area contributed by atoms with Gasteiger partial charge in [-0.15, -0.1) is 0 Å². The van der Waals surface area contributed by atoms with E-state index < -0.39 is 0 Å². The molecule has 1 saturated carbocycles. The third-order valence-electron chi connectivity index (χ3n) is 4.01. The van der Waals surface area contributed by atoms with Crippen LogP contribution in [0.15, 0.2) is 24.3 Å². The lowest BCUT2D eigenvalue weighted by Crippen LogP contribution is -2.25. The topological polar surface area (TPSA) is 26.3 Å². The highest BCUT2D eigenvalue weighted by Gasteiger charge is 2.58. The Labute approximate surface area is 108 Å². The van der Waals surface area contributed by atoms with Crippen molar-refractivity contribution in [3.05, 3.63) is 35.4 Å². The lowest BCUT2D eigenvalue weighted by atomic mass is 9.92. The summed E-state index contributed by atoms with van der Waals surface area (Å²) in [5.74, 6) is 1.04. The monoisotopic (exact) mass is 244 g/mol. The number of carbonyl (C=O) groups is 1. The maximum atomic E-state index is 12.2. The smallest absolute Gasteiger partial charge is 0.310 e. The van der Waals surface area contributed by atoms with Crippen molar-refractivity contribution in [2.75, 3.05) is 0 Å². The molecular weight excluding hydrogens is 224 g/mol. The largest absolute Gasteiger partial charge is 0.460 e. The van der Waals surface area contributed by atoms with Crippen molar-refractivity contribution in [2.24, 2.45) is 11.8 Å². The van der Waals surface area contributed by atoms with Gasteiger partial charge in [-0.3, -0.25) is 4.79 Å². The Balaban J connectivity index is 1.79. The molecule has 96 valence electrons. The second-order valence-corrected chi connectivity index (χ2v) is 6.49. The molecule has 0 unspecified atom stereocenters. The van der Waals surface area contributed by atoms with E-state index in [2.05, 4.69) is 24.3 Å². The molecule has 3 atom stereocenters. The first-order valence-corrected chi connectivity index (χ1v) is 6.78. The molecule has 0 heterocycles. The predicted octanol–water partition coefficient (Wildman–Crippen LogP) is 3.30. The summed E-state index contributed by atoms with van der Waals surface area (Å²) in [6.45, 7) is 5.81. The molecule has 1 aromatic rings. The highest BCUT2D eigenvalue weighted by Crippen LogP contribution is 2.60. The molecule has 2 aliphatic rings. The lowest BCUT2D eigenvalue weighted by molar-refractivity contribution is -0.157. The molecule has 1 aromatic carbocycles. The first-order valence-electron chi connectivity index (χ1n) is 6.78. The van der Waals surface area contributed by atoms with Crippen LogP contribution in [-0.2, 0) is 16.0 Å². The summed E-state index contributed by atoms with van der Waals surface area (Å²) < 4.78 is 5.53. The first kappa shape index (κ1) is 11.8. The molecule has 2 aliphatic carbocycles. The maximum Gasteiger partial charge on any atom is 0.310 e. The zero-order valence-electron chi connectivity index (χ0n) is 11.3. The van der Waals surface area contributed by atoms with Gasteiger partial charge in [0.1, 0.15) is 5.60 Å². The second kappa shape index (κ2) is 3.84. The van der Waals surface area contributed by atoms with Crippen molar-refractivity contribution in [3.8, 4) is 0 Å². The van der Waals surface area contributed by atoms with Crippen molar-refractivity contribution in [1.29, 1.82) is 0 Å². The van der Waals surface area contributed by atoms with Crippen molar-refractivity contribution in [1.82, 2.24) is 0 Å². The van der Waals surface area contributed by atoms with Crippen LogP contribution < -0.4 is 0 Å². The van der Waals surface area contributed by atoms with Gasteiger partial charge in [0.25, 0.3) is 0 Å². The number of hydrogen-bond acceptors (Lipinski definition) is 2. The molecule has 0 radical (unpaired) electrons. The van der Waals surface area contributed by atoms with Gasteiger partial charge in [-0.2, -0.15) is 0 Å². The summed E-state index contributed by atoms with van der Waals surface area (Å²) in [6.07, 6.45) is 2.24. The molecule has 0 bridgehead atoms. The van der Waals surface area contributed by atoms with E-state index in [1.165, 1.54) is 11.1 Å². The van der Waals surface area contributed by atoms with Gasteiger partial charge < -0.3 is 4.74 Å². The molecule has 1 fully saturated rings. The summed E-state index contributed by atoms with van der Waals surface area (Å²) in [4.78, 5) is 12.2. The van der Waals surface area contributed by atoms with Crippen LogP contribution in [0, 0.1) is 11.8 Å². The molecular formula is C16H20O2. The van der Waals surface area contributed by atoms with Crippen LogP contribution in [-0.4, -0.2) is 11.6 Å². The van der Waals surface area contributed by atoms with Gasteiger partial charge in [0.15, 0.2) is 0 Å². The fourth-order valence-electron chi connectivity index (χ4n) is 3.26. The molecule has 18 heavy (non-hydrogen) atoms. The quantitative estimate of drug-likeness (QED) is 0.708. The maximum absolute atomic E-state index is 12.2. The summed E-state index contributed by atoms with van der Waals surface area (Å²) in [7, 11) is 0. The minimum Gasteiger partial charge on any atom is -0.460 e. The molecule has 0 amide bonds. The molecule has 3 rings (SSSR count). The number of hydrogen-bond donors (Lipinski definition) is 0. The van der Waals surface area contributed by atoms with Gasteiger partial charge in [0.05, 0.1) is 5.92 Å². The Bertz CT molecular complexity index is 484. The normalized spacial score (nSPS) is 29.2. The highest BCUT2D eigenvalue weighted by atomic mass is 16.6. The average Bonchev–Trinajstić information content (AvgIpc) is 3.01. The van der Waals surface area contributed by atoms with Crippen molar-refractivity contribution in [3.63, 3.8) is 0 Å². The minimum absolute atomic E-state index is 0.00537. The molecule has 2 nitrogen and oxygen atoms in total. The Morgan fingerprint density at radius 1 is 1.28 bits per heavy atom. The van der Waals surface area contributed by atoms with Crippen molar-refractivity contribution in [2.45, 2.75) is 45.1 Å². The van der Waals surface area contributed by atoms with E-state index in [1.54, 1.807) is 0 Å². The van der Waals surface area contributed by atoms with Gasteiger partial charge in [-0.1, -0.05) is 24.3 Å². The number of esters is 1. The Morgan fingerprint density at radius 2 is 2.00 bits per heavy atom. The zero-order valence-corrected chi connectivity index (χ0v) is 11.3. The second-order valence-electron chi connectivity index (χ2n) is 6.49. The standard InChI is InChI=1S/C16H20O2/c1-16(2,3)18-15(17)14-12-9-8-10-6-4-5-7-11(10)13(12)14/h4-7,12-14H,8-9H2,1-3H3/t12-,13+,14+/m1/s1. The first-order chi connectivity index (χ1) is 8.47. The number of benzene rings is 1. The number of aryl methyl sites for hydroxylation is 1. The van der Waals surface area contributed by atoms with E-state index in [0.29, 0.717) is 11.8 Å². The Kier molecular flexibility index (Phi) is 2.51. The van der Waals surface area contributed by atoms with Crippen LogP contribution in [0.25, 0.3) is 0 Å². The highest BCUT2D eigenvalue weighted by molar-refractivity contribution is 5.79. The summed E-state index contributed by atoms with van der Waals surface area (Å²) in [6, 6.07) is 8.53. The number of ether oxygens (including phenoxy) is 1. The van der Waals surface area contributed by atoms with Gasteiger partial charge in [-0.25, -0.2) is 0 Å². The van der Waals surface area contributed by atoms with Crippen LogP contribution in [0.2, 0.25) is 0 Å². The van der Waals surface area contributed by atoms with Gasteiger partial charge in [0, 0.05) is 5.92 Å². The van der Waals surface area contributed by atoms with E-state index in [1.807, 2.05) is 20.8 Å². The summed E-state index contributed by atoms with van der Waals surface area (Å²) in [5, 5.41) is 0. The summed E-state index contributed by atoms with van der Waals surface area (Å²) in [5.41, 5.74) is 2.43. The molecule has 0 spiro atoms. The summed E-state index contributed by atoms with van der Waals surface area (Å²) >= 11 is 0. The van der Waals surface area contributed by atoms with Crippen LogP contribution in [0.4, 0.5) is 0 Å².